The maximum absolute atomic E-state index is 9.19. The van der Waals surface area contributed by atoms with Crippen molar-refractivity contribution in [2.45, 2.75) is 27.3 Å². The molecule has 1 saturated heterocycles. The van der Waals surface area contributed by atoms with Gasteiger partial charge in [0.05, 0.1) is 0 Å². The van der Waals surface area contributed by atoms with Crippen LogP contribution in [0.4, 0.5) is 0 Å². The van der Waals surface area contributed by atoms with Gasteiger partial charge in [0.2, 0.25) is 0 Å². The number of aliphatic hydroxyl groups is 1. The lowest BCUT2D eigenvalue weighted by atomic mass is 10.00. The zero-order valence-corrected chi connectivity index (χ0v) is 11.3. The Balaban J connectivity index is 0.000000686. The van der Waals surface area contributed by atoms with Gasteiger partial charge < -0.3 is 5.11 Å². The number of likely N-dealkylation sites (tertiary alicyclic amines) is 1. The monoisotopic (exact) mass is 235 g/mol. The van der Waals surface area contributed by atoms with Gasteiger partial charge in [-0.15, -0.1) is 0 Å². The molecule has 0 aromatic heterocycles. The molecule has 1 aromatic rings. The van der Waals surface area contributed by atoms with Gasteiger partial charge in [-0.25, -0.2) is 0 Å². The lowest BCUT2D eigenvalue weighted by Crippen LogP contribution is -2.20. The topological polar surface area (TPSA) is 23.5 Å². The SMILES string of the molecule is CC.CC1CN(Cc2ccccc2)CC1CO. The zero-order valence-electron chi connectivity index (χ0n) is 11.3. The first-order valence-electron chi connectivity index (χ1n) is 6.66. The van der Waals surface area contributed by atoms with E-state index in [-0.39, 0.29) is 0 Å². The molecule has 0 spiro atoms. The van der Waals surface area contributed by atoms with Crippen LogP contribution in [0, 0.1) is 11.8 Å². The summed E-state index contributed by atoms with van der Waals surface area (Å²) in [5, 5.41) is 9.19. The maximum Gasteiger partial charge on any atom is 0.0474 e. The summed E-state index contributed by atoms with van der Waals surface area (Å²) in [7, 11) is 0. The van der Waals surface area contributed by atoms with E-state index in [0.29, 0.717) is 18.4 Å². The van der Waals surface area contributed by atoms with Gasteiger partial charge in [0.25, 0.3) is 0 Å². The smallest absolute Gasteiger partial charge is 0.0474 e. The Morgan fingerprint density at radius 3 is 2.35 bits per heavy atom. The number of rotatable bonds is 3. The third-order valence-corrected chi connectivity index (χ3v) is 3.33. The predicted molar refractivity (Wildman–Crippen MR) is 72.8 cm³/mol. The molecular formula is C15H25NO. The highest BCUT2D eigenvalue weighted by molar-refractivity contribution is 5.14. The first kappa shape index (κ1) is 14.2. The van der Waals surface area contributed by atoms with Crippen molar-refractivity contribution in [1.29, 1.82) is 0 Å². The number of aliphatic hydroxyl groups excluding tert-OH is 1. The van der Waals surface area contributed by atoms with Gasteiger partial charge in [-0.2, -0.15) is 0 Å². The number of nitrogens with zero attached hydrogens (tertiary/aromatic N) is 1. The fourth-order valence-corrected chi connectivity index (χ4v) is 2.35. The molecule has 0 aliphatic carbocycles. The molecule has 1 aliphatic heterocycles. The van der Waals surface area contributed by atoms with Crippen LogP contribution in [0.25, 0.3) is 0 Å². The van der Waals surface area contributed by atoms with Gasteiger partial charge in [0.15, 0.2) is 0 Å². The molecule has 96 valence electrons. The first-order chi connectivity index (χ1) is 8.29. The first-order valence-corrected chi connectivity index (χ1v) is 6.66. The van der Waals surface area contributed by atoms with Crippen LogP contribution < -0.4 is 0 Å². The van der Waals surface area contributed by atoms with Crippen LogP contribution in [0.5, 0.6) is 0 Å². The van der Waals surface area contributed by atoms with Crippen LogP contribution in [-0.4, -0.2) is 29.7 Å². The molecule has 2 atom stereocenters. The number of hydrogen-bond acceptors (Lipinski definition) is 2. The van der Waals surface area contributed by atoms with Gasteiger partial charge >= 0.3 is 0 Å². The normalized spacial score (nSPS) is 24.2. The summed E-state index contributed by atoms with van der Waals surface area (Å²) in [6.07, 6.45) is 0. The third kappa shape index (κ3) is 4.14. The standard InChI is InChI=1S/C13H19NO.C2H6/c1-11-7-14(9-13(11)10-15)8-12-5-3-2-4-6-12;1-2/h2-6,11,13,15H,7-10H2,1H3;1-2H3. The van der Waals surface area contributed by atoms with E-state index in [4.69, 9.17) is 0 Å². The van der Waals surface area contributed by atoms with E-state index < -0.39 is 0 Å². The second-order valence-corrected chi connectivity index (χ2v) is 4.60. The molecule has 0 amide bonds. The van der Waals surface area contributed by atoms with Crippen molar-refractivity contribution >= 4 is 0 Å². The molecule has 1 N–H and O–H groups in total. The molecule has 2 heteroatoms. The van der Waals surface area contributed by atoms with Crippen LogP contribution in [0.2, 0.25) is 0 Å². The lowest BCUT2D eigenvalue weighted by Gasteiger charge is -2.15. The average Bonchev–Trinajstić information content (AvgIpc) is 2.73. The summed E-state index contributed by atoms with van der Waals surface area (Å²) in [4.78, 5) is 2.43. The summed E-state index contributed by atoms with van der Waals surface area (Å²) in [6, 6.07) is 10.5. The van der Waals surface area contributed by atoms with E-state index in [1.165, 1.54) is 5.56 Å². The Labute approximate surface area is 105 Å². The highest BCUT2D eigenvalue weighted by atomic mass is 16.3. The second-order valence-electron chi connectivity index (χ2n) is 4.60. The molecule has 0 radical (unpaired) electrons. The minimum Gasteiger partial charge on any atom is -0.396 e. The predicted octanol–water partition coefficient (Wildman–Crippen LogP) is 2.77. The Kier molecular flexibility index (Phi) is 6.23. The van der Waals surface area contributed by atoms with Crippen molar-refractivity contribution in [3.05, 3.63) is 35.9 Å². The fraction of sp³-hybridized carbons (Fsp3) is 0.600. The summed E-state index contributed by atoms with van der Waals surface area (Å²) < 4.78 is 0. The summed E-state index contributed by atoms with van der Waals surface area (Å²) in [5.74, 6) is 1.09. The molecule has 1 heterocycles. The van der Waals surface area contributed by atoms with Crippen molar-refractivity contribution in [3.8, 4) is 0 Å². The maximum atomic E-state index is 9.19. The molecular weight excluding hydrogens is 210 g/mol. The van der Waals surface area contributed by atoms with Crippen LogP contribution in [0.3, 0.4) is 0 Å². The van der Waals surface area contributed by atoms with E-state index in [9.17, 15) is 5.11 Å². The second kappa shape index (κ2) is 7.46. The molecule has 2 rings (SSSR count). The highest BCUT2D eigenvalue weighted by Crippen LogP contribution is 2.23. The molecule has 1 aromatic carbocycles. The zero-order chi connectivity index (χ0) is 12.7. The van der Waals surface area contributed by atoms with Crippen molar-refractivity contribution in [2.24, 2.45) is 11.8 Å². The van der Waals surface area contributed by atoms with Crippen LogP contribution in [-0.2, 0) is 6.54 Å². The third-order valence-electron chi connectivity index (χ3n) is 3.33. The summed E-state index contributed by atoms with van der Waals surface area (Å²) in [6.45, 7) is 9.71. The van der Waals surface area contributed by atoms with Crippen molar-refractivity contribution in [1.82, 2.24) is 4.90 Å². The van der Waals surface area contributed by atoms with E-state index in [0.717, 1.165) is 19.6 Å². The highest BCUT2D eigenvalue weighted by Gasteiger charge is 2.28. The Morgan fingerprint density at radius 1 is 1.18 bits per heavy atom. The van der Waals surface area contributed by atoms with Crippen molar-refractivity contribution in [2.75, 3.05) is 19.7 Å². The van der Waals surface area contributed by atoms with Gasteiger partial charge in [0.1, 0.15) is 0 Å². The van der Waals surface area contributed by atoms with Gasteiger partial charge in [0, 0.05) is 26.2 Å². The molecule has 2 unspecified atom stereocenters. The molecule has 17 heavy (non-hydrogen) atoms. The van der Waals surface area contributed by atoms with E-state index >= 15 is 0 Å². The van der Waals surface area contributed by atoms with E-state index in [1.807, 2.05) is 19.9 Å². The molecule has 0 bridgehead atoms. The van der Waals surface area contributed by atoms with Gasteiger partial charge in [-0.3, -0.25) is 4.90 Å². The molecule has 1 aliphatic rings. The Hall–Kier alpha value is -0.860. The Bertz CT molecular complexity index is 299. The van der Waals surface area contributed by atoms with Crippen molar-refractivity contribution < 1.29 is 5.11 Å². The van der Waals surface area contributed by atoms with Crippen LogP contribution in [0.1, 0.15) is 26.3 Å². The van der Waals surface area contributed by atoms with Gasteiger partial charge in [-0.05, 0) is 17.4 Å². The molecule has 1 fully saturated rings. The minimum atomic E-state index is 0.326. The summed E-state index contributed by atoms with van der Waals surface area (Å²) in [5.41, 5.74) is 1.36. The quantitative estimate of drug-likeness (QED) is 0.871. The molecule has 2 nitrogen and oxygen atoms in total. The van der Waals surface area contributed by atoms with Crippen LogP contribution >= 0.6 is 0 Å². The summed E-state index contributed by atoms with van der Waals surface area (Å²) >= 11 is 0. The fourth-order valence-electron chi connectivity index (χ4n) is 2.35. The van der Waals surface area contributed by atoms with Gasteiger partial charge in [-0.1, -0.05) is 51.1 Å². The van der Waals surface area contributed by atoms with Crippen molar-refractivity contribution in [3.63, 3.8) is 0 Å². The van der Waals surface area contributed by atoms with E-state index in [2.05, 4.69) is 36.1 Å². The lowest BCUT2D eigenvalue weighted by molar-refractivity contribution is 0.204. The Morgan fingerprint density at radius 2 is 1.82 bits per heavy atom. The number of benzene rings is 1. The number of hydrogen-bond donors (Lipinski definition) is 1. The van der Waals surface area contributed by atoms with E-state index in [1.54, 1.807) is 0 Å². The van der Waals surface area contributed by atoms with Crippen LogP contribution in [0.15, 0.2) is 30.3 Å². The minimum absolute atomic E-state index is 0.326. The largest absolute Gasteiger partial charge is 0.396 e. The molecule has 0 saturated carbocycles. The average molecular weight is 235 g/mol.